The summed E-state index contributed by atoms with van der Waals surface area (Å²) in [5.41, 5.74) is 7.92. The molecule has 0 bridgehead atoms. The third kappa shape index (κ3) is 12.3. The first-order valence-corrected chi connectivity index (χ1v) is 27.0. The van der Waals surface area contributed by atoms with Crippen LogP contribution >= 0.6 is 7.66 Å². The number of carbonyl (C=O) groups is 1. The Hall–Kier alpha value is -6.02. The summed E-state index contributed by atoms with van der Waals surface area (Å²) < 4.78 is 53.9. The zero-order chi connectivity index (χ0) is 53.2. The maximum absolute atomic E-state index is 13.5. The standard InChI is InChI=1S/C54H68N9O11P/c1-36(2)60-63(61-37(3)4)75(65,66,71-32-16-31-55)74-48-46(33-70-54(39-19-12-9-13-20-39,40-23-27-42(67-5)28-24-40)41-25-29-43(68-6)30-26-41)73-53(49(48)72-45-22-15-14-21-44(45)69-7)62-35-58-47-50(56-34-57-51(47)62)59-52(64)38-17-10-8-11-18-38/h8-13,17-20,23-30,34-37,44-46,48-49,53,60-61,65-66H,14-16,21-22,32-33H2,1-7H3,(H,56,57,59,64)/t44-,45-,46-,48-,49-,53-/m1/s1. The number of fused-ring (bicyclic) bond motifs is 1. The minimum absolute atomic E-state index is 0.144. The number of anilines is 1. The van der Waals surface area contributed by atoms with E-state index in [1.165, 1.54) is 12.7 Å². The van der Waals surface area contributed by atoms with Gasteiger partial charge in [-0.1, -0.05) is 18.2 Å². The quantitative estimate of drug-likeness (QED) is 0.0168. The van der Waals surface area contributed by atoms with Crippen LogP contribution in [0.25, 0.3) is 11.2 Å². The van der Waals surface area contributed by atoms with Crippen molar-refractivity contribution in [2.75, 3.05) is 39.9 Å². The molecule has 4 aromatic carbocycles. The molecule has 1 aliphatic carbocycles. The Morgan fingerprint density at radius 2 is 1.40 bits per heavy atom. The van der Waals surface area contributed by atoms with E-state index < -0.39 is 68.5 Å². The van der Waals surface area contributed by atoms with Crippen LogP contribution < -0.4 is 25.6 Å². The molecule has 6 aromatic rings. The summed E-state index contributed by atoms with van der Waals surface area (Å²) >= 11 is 0. The van der Waals surface area contributed by atoms with Crippen molar-refractivity contribution in [3.8, 4) is 17.6 Å². The third-order valence-electron chi connectivity index (χ3n) is 13.0. The van der Waals surface area contributed by atoms with Crippen LogP contribution in [0.1, 0.15) is 93.1 Å². The Morgan fingerprint density at radius 1 is 0.813 bits per heavy atom. The molecule has 2 aromatic heterocycles. The molecule has 0 radical (unpaired) electrons. The van der Waals surface area contributed by atoms with Gasteiger partial charge in [0.1, 0.15) is 0 Å². The van der Waals surface area contributed by atoms with Crippen molar-refractivity contribution >= 4 is 30.6 Å². The van der Waals surface area contributed by atoms with Gasteiger partial charge < -0.3 is 0 Å². The first-order chi connectivity index (χ1) is 36.2. The van der Waals surface area contributed by atoms with E-state index in [-0.39, 0.29) is 36.1 Å². The summed E-state index contributed by atoms with van der Waals surface area (Å²) in [5, 5.41) is 12.6. The second-order valence-electron chi connectivity index (χ2n) is 19.0. The fourth-order valence-electron chi connectivity index (χ4n) is 9.53. The van der Waals surface area contributed by atoms with Crippen LogP contribution in [-0.4, -0.2) is 117 Å². The summed E-state index contributed by atoms with van der Waals surface area (Å²) in [7, 11) is -1.40. The van der Waals surface area contributed by atoms with Crippen molar-refractivity contribution in [2.45, 2.75) is 114 Å². The summed E-state index contributed by atoms with van der Waals surface area (Å²) in [6.07, 6.45) is -0.307. The molecule has 5 N–H and O–H groups in total. The maximum atomic E-state index is 13.5. The molecule has 2 fully saturated rings. The van der Waals surface area contributed by atoms with Crippen molar-refractivity contribution in [1.82, 2.24) is 35.3 Å². The topological polar surface area (TPSA) is 238 Å². The molecule has 21 heteroatoms. The number of nitrogens with zero attached hydrogens (tertiary/aromatic N) is 6. The van der Waals surface area contributed by atoms with Crippen LogP contribution in [0.5, 0.6) is 11.5 Å². The van der Waals surface area contributed by atoms with Gasteiger partial charge >= 0.3 is 421 Å². The predicted molar refractivity (Wildman–Crippen MR) is 281 cm³/mol. The molecule has 3 heterocycles. The minimum atomic E-state index is -6.24. The molecule has 1 aliphatic heterocycles. The number of hydrogen-bond donors (Lipinski definition) is 5. The van der Waals surface area contributed by atoms with E-state index in [0.717, 1.165) is 34.4 Å². The van der Waals surface area contributed by atoms with E-state index >= 15 is 0 Å². The van der Waals surface area contributed by atoms with E-state index in [1.807, 2.05) is 119 Å². The van der Waals surface area contributed by atoms with Gasteiger partial charge in [0, 0.05) is 0 Å². The number of aromatic nitrogens is 4. The number of imidazole rings is 1. The second kappa shape index (κ2) is 24.3. The van der Waals surface area contributed by atoms with Gasteiger partial charge in [0.2, 0.25) is 0 Å². The summed E-state index contributed by atoms with van der Waals surface area (Å²) in [4.78, 5) is 54.7. The second-order valence-corrected chi connectivity index (χ2v) is 21.5. The molecule has 8 rings (SSSR count). The Balaban J connectivity index is 1.32. The zero-order valence-electron chi connectivity index (χ0n) is 43.3. The van der Waals surface area contributed by atoms with Crippen LogP contribution in [-0.2, 0) is 33.6 Å². The Morgan fingerprint density at radius 3 is 1.97 bits per heavy atom. The number of hydrogen-bond acceptors (Lipinski definition) is 18. The molecule has 75 heavy (non-hydrogen) atoms. The number of rotatable bonds is 24. The van der Waals surface area contributed by atoms with Crippen molar-refractivity contribution < 1.29 is 52.1 Å². The molecular weight excluding hydrogens is 982 g/mol. The number of nitriles is 1. The van der Waals surface area contributed by atoms with E-state index in [0.29, 0.717) is 29.9 Å². The first-order valence-electron chi connectivity index (χ1n) is 25.1. The van der Waals surface area contributed by atoms with Crippen LogP contribution in [0.15, 0.2) is 122 Å². The monoisotopic (exact) mass is 1050 g/mol. The molecule has 20 nitrogen and oxygen atoms in total. The summed E-state index contributed by atoms with van der Waals surface area (Å²) in [5.74, 6) is 0.997. The van der Waals surface area contributed by atoms with Gasteiger partial charge in [0.25, 0.3) is 0 Å². The van der Waals surface area contributed by atoms with Crippen LogP contribution in [0.3, 0.4) is 0 Å². The van der Waals surface area contributed by atoms with Crippen LogP contribution in [0, 0.1) is 11.3 Å². The van der Waals surface area contributed by atoms with Gasteiger partial charge in [0.05, 0.1) is 0 Å². The fourth-order valence-corrected chi connectivity index (χ4v) is 11.8. The number of nitrogens with one attached hydrogen (secondary N) is 3. The van der Waals surface area contributed by atoms with E-state index in [1.54, 1.807) is 50.2 Å². The molecular formula is C54H68N9O11P. The van der Waals surface area contributed by atoms with Gasteiger partial charge in [0.15, 0.2) is 0 Å². The average molecular weight is 1050 g/mol. The molecule has 1 saturated carbocycles. The Kier molecular flexibility index (Phi) is 17.9. The van der Waals surface area contributed by atoms with E-state index in [2.05, 4.69) is 26.1 Å². The van der Waals surface area contributed by atoms with Gasteiger partial charge in [-0.2, -0.15) is 0 Å². The predicted octanol–water partition coefficient (Wildman–Crippen LogP) is 7.90. The first kappa shape index (κ1) is 55.2. The van der Waals surface area contributed by atoms with Crippen molar-refractivity contribution in [3.05, 3.63) is 144 Å². The summed E-state index contributed by atoms with van der Waals surface area (Å²) in [6.45, 7) is 6.55. The zero-order valence-corrected chi connectivity index (χ0v) is 44.2. The summed E-state index contributed by atoms with van der Waals surface area (Å²) in [6, 6.07) is 34.8. The van der Waals surface area contributed by atoms with Crippen LogP contribution in [0.2, 0.25) is 0 Å². The molecule has 0 unspecified atom stereocenters. The molecule has 1 amide bonds. The number of ether oxygens (including phenoxy) is 6. The number of benzene rings is 4. The van der Waals surface area contributed by atoms with Gasteiger partial charge in [-0.3, -0.25) is 0 Å². The van der Waals surface area contributed by atoms with Crippen molar-refractivity contribution in [2.24, 2.45) is 0 Å². The van der Waals surface area contributed by atoms with Crippen molar-refractivity contribution in [1.29, 1.82) is 5.26 Å². The fraction of sp³-hybridized carbons (Fsp3) is 0.426. The molecule has 0 spiro atoms. The normalized spacial score (nSPS) is 20.8. The average Bonchev–Trinajstić information content (AvgIpc) is 4.00. The Labute approximate surface area is 437 Å². The molecule has 1 saturated heterocycles. The number of carbonyl (C=O) groups excluding carboxylic acids is 1. The van der Waals surface area contributed by atoms with Gasteiger partial charge in [-0.25, -0.2) is 0 Å². The van der Waals surface area contributed by atoms with Gasteiger partial charge in [-0.15, -0.1) is 0 Å². The Bertz CT molecular complexity index is 2780. The molecule has 400 valence electrons. The van der Waals surface area contributed by atoms with Gasteiger partial charge in [-0.05, 0) is 0 Å². The SMILES string of the molecule is COc1ccc(C(OC[C@H]2O[C@@H](n3cnc4c(NC(=O)c5ccccc5)ncnc43)[C@H](O[C@@H]3CCCC[C@H]3OC)[C@@H]2OP(O)(O)(OCCC#N)N(NC(C)C)NC(C)C)(c2ccccc2)c2ccc(OC)cc2)cc1. The van der Waals surface area contributed by atoms with Crippen LogP contribution in [0.4, 0.5) is 5.82 Å². The number of hydrazine groups is 2. The van der Waals surface area contributed by atoms with Crippen molar-refractivity contribution in [3.63, 3.8) is 0 Å². The van der Waals surface area contributed by atoms with E-state index in [4.69, 9.17) is 42.5 Å². The molecule has 2 aliphatic rings. The number of amides is 1. The third-order valence-corrected chi connectivity index (χ3v) is 15.2. The number of methoxy groups -OCH3 is 3. The van der Waals surface area contributed by atoms with E-state index in [9.17, 15) is 19.8 Å². The molecule has 6 atom stereocenters.